The summed E-state index contributed by atoms with van der Waals surface area (Å²) in [4.78, 5) is 24.4. The third-order valence-corrected chi connectivity index (χ3v) is 11.7. The molecule has 0 radical (unpaired) electrons. The summed E-state index contributed by atoms with van der Waals surface area (Å²) in [5.74, 6) is -1.74. The Bertz CT molecular complexity index is 1030. The van der Waals surface area contributed by atoms with E-state index in [1.807, 2.05) is 0 Å². The first kappa shape index (κ1) is 29.3. The van der Waals surface area contributed by atoms with Crippen LogP contribution in [0, 0.1) is 39.4 Å². The molecule has 0 heterocycles. The number of carboxylic acid groups (broad SMARTS) is 1. The quantitative estimate of drug-likeness (QED) is 0.285. The average Bonchev–Trinajstić information content (AvgIpc) is 2.97. The molecule has 4 rings (SSSR count). The van der Waals surface area contributed by atoms with Crippen molar-refractivity contribution in [1.29, 1.82) is 0 Å². The maximum Gasteiger partial charge on any atom is 0.307 e. The van der Waals surface area contributed by atoms with E-state index in [1.165, 1.54) is 18.1 Å². The summed E-state index contributed by atoms with van der Waals surface area (Å²) < 4.78 is 5.81. The number of hydrogen-bond acceptors (Lipinski definition) is 5. The molecular formula is C32H50O6. The Morgan fingerprint density at radius 3 is 2.32 bits per heavy atom. The minimum Gasteiger partial charge on any atom is -0.481 e. The first-order valence-electron chi connectivity index (χ1n) is 14.6. The molecule has 0 amide bonds. The summed E-state index contributed by atoms with van der Waals surface area (Å²) in [5.41, 5.74) is 1.29. The summed E-state index contributed by atoms with van der Waals surface area (Å²) in [6.07, 6.45) is 9.15. The molecule has 6 nitrogen and oxygen atoms in total. The number of carbonyl (C=O) groups excluding carboxylic acids is 1. The molecule has 38 heavy (non-hydrogen) atoms. The van der Waals surface area contributed by atoms with Gasteiger partial charge in [-0.25, -0.2) is 0 Å². The van der Waals surface area contributed by atoms with E-state index < -0.39 is 23.6 Å². The lowest BCUT2D eigenvalue weighted by Crippen LogP contribution is -2.56. The third-order valence-electron chi connectivity index (χ3n) is 11.7. The molecule has 0 bridgehead atoms. The van der Waals surface area contributed by atoms with Gasteiger partial charge in [-0.3, -0.25) is 9.59 Å². The van der Waals surface area contributed by atoms with Crippen molar-refractivity contribution < 1.29 is 29.6 Å². The fourth-order valence-corrected chi connectivity index (χ4v) is 9.80. The molecule has 2 fully saturated rings. The molecule has 0 saturated heterocycles. The van der Waals surface area contributed by atoms with Gasteiger partial charge in [-0.2, -0.15) is 0 Å². The molecule has 214 valence electrons. The Balaban J connectivity index is 1.71. The SMILES string of the molecule is CC(=O)OC1CCC2(C)C3=C(CCC2C1(C)C)C1(C)CC(O)C(C(CC=CC(C)(C)O)C(=O)O)C1(C)CC3. The molecule has 3 N–H and O–H groups in total. The Hall–Kier alpha value is -1.66. The highest BCUT2D eigenvalue weighted by molar-refractivity contribution is 5.71. The fourth-order valence-electron chi connectivity index (χ4n) is 9.80. The molecule has 8 atom stereocenters. The second kappa shape index (κ2) is 9.47. The first-order valence-corrected chi connectivity index (χ1v) is 14.6. The molecule has 0 aromatic heterocycles. The zero-order valence-corrected chi connectivity index (χ0v) is 24.8. The number of carboxylic acids is 1. The van der Waals surface area contributed by atoms with Crippen LogP contribution < -0.4 is 0 Å². The van der Waals surface area contributed by atoms with Gasteiger partial charge in [0.1, 0.15) is 6.10 Å². The van der Waals surface area contributed by atoms with Gasteiger partial charge in [0.25, 0.3) is 0 Å². The zero-order chi connectivity index (χ0) is 28.5. The standard InChI is InChI=1S/C32H50O6/c1-19(33)38-25-14-16-30(6)21-13-17-31(7)26(20(27(35)36)10-9-15-28(2,3)37)23(34)18-32(31,8)22(21)11-12-24(30)29(25,4)5/h9,15,20,23-26,34,37H,10-14,16-18H2,1-8H3,(H,35,36). The highest BCUT2D eigenvalue weighted by atomic mass is 16.5. The molecule has 6 heteroatoms. The van der Waals surface area contributed by atoms with Crippen LogP contribution in [0.5, 0.6) is 0 Å². The summed E-state index contributed by atoms with van der Waals surface area (Å²) in [6.45, 7) is 16.3. The van der Waals surface area contributed by atoms with Crippen LogP contribution >= 0.6 is 0 Å². The summed E-state index contributed by atoms with van der Waals surface area (Å²) in [5, 5.41) is 31.9. The summed E-state index contributed by atoms with van der Waals surface area (Å²) >= 11 is 0. The fraction of sp³-hybridized carbons (Fsp3) is 0.812. The van der Waals surface area contributed by atoms with E-state index in [9.17, 15) is 24.9 Å². The number of ether oxygens (including phenoxy) is 1. The predicted molar refractivity (Wildman–Crippen MR) is 147 cm³/mol. The van der Waals surface area contributed by atoms with Crippen LogP contribution in [0.1, 0.15) is 107 Å². The number of carbonyl (C=O) groups is 2. The second-order valence-corrected chi connectivity index (χ2v) is 14.7. The maximum absolute atomic E-state index is 12.6. The zero-order valence-electron chi connectivity index (χ0n) is 24.8. The minimum atomic E-state index is -1.00. The van der Waals surface area contributed by atoms with Crippen LogP contribution in [-0.2, 0) is 14.3 Å². The molecule has 4 aliphatic carbocycles. The number of aliphatic carboxylic acids is 1. The first-order chi connectivity index (χ1) is 17.4. The van der Waals surface area contributed by atoms with Gasteiger partial charge in [0, 0.05) is 18.3 Å². The largest absolute Gasteiger partial charge is 0.481 e. The second-order valence-electron chi connectivity index (χ2n) is 14.7. The molecular weight excluding hydrogens is 480 g/mol. The van der Waals surface area contributed by atoms with Crippen LogP contribution in [0.2, 0.25) is 0 Å². The van der Waals surface area contributed by atoms with Crippen LogP contribution in [0.25, 0.3) is 0 Å². The monoisotopic (exact) mass is 530 g/mol. The molecule has 0 aromatic carbocycles. The van der Waals surface area contributed by atoms with Crippen molar-refractivity contribution in [3.05, 3.63) is 23.3 Å². The van der Waals surface area contributed by atoms with E-state index in [4.69, 9.17) is 4.74 Å². The van der Waals surface area contributed by atoms with Gasteiger partial charge in [0.2, 0.25) is 0 Å². The average molecular weight is 531 g/mol. The Kier molecular flexibility index (Phi) is 7.31. The lowest BCUT2D eigenvalue weighted by atomic mass is 9.43. The van der Waals surface area contributed by atoms with Crippen molar-refractivity contribution in [1.82, 2.24) is 0 Å². The highest BCUT2D eigenvalue weighted by Gasteiger charge is 2.66. The van der Waals surface area contributed by atoms with E-state index in [-0.39, 0.29) is 39.7 Å². The van der Waals surface area contributed by atoms with E-state index in [2.05, 4.69) is 34.6 Å². The van der Waals surface area contributed by atoms with Crippen molar-refractivity contribution in [2.75, 3.05) is 0 Å². The van der Waals surface area contributed by atoms with Crippen molar-refractivity contribution in [2.45, 2.75) is 125 Å². The Labute approximate surface area is 228 Å². The van der Waals surface area contributed by atoms with Gasteiger partial charge in [-0.1, -0.05) is 57.9 Å². The normalized spacial score (nSPS) is 41.3. The van der Waals surface area contributed by atoms with Gasteiger partial charge in [-0.15, -0.1) is 0 Å². The molecule has 0 aliphatic heterocycles. The van der Waals surface area contributed by atoms with Crippen molar-refractivity contribution >= 4 is 11.9 Å². The van der Waals surface area contributed by atoms with Gasteiger partial charge < -0.3 is 20.1 Å². The van der Waals surface area contributed by atoms with Crippen LogP contribution in [-0.4, -0.2) is 45.1 Å². The number of rotatable bonds is 6. The van der Waals surface area contributed by atoms with E-state index in [1.54, 1.807) is 26.0 Å². The van der Waals surface area contributed by atoms with Crippen LogP contribution in [0.3, 0.4) is 0 Å². The van der Waals surface area contributed by atoms with Gasteiger partial charge >= 0.3 is 11.9 Å². The molecule has 2 saturated carbocycles. The molecule has 0 spiro atoms. The molecule has 8 unspecified atom stereocenters. The van der Waals surface area contributed by atoms with Crippen LogP contribution in [0.15, 0.2) is 23.3 Å². The van der Waals surface area contributed by atoms with Crippen molar-refractivity contribution in [3.8, 4) is 0 Å². The number of fused-ring (bicyclic) bond motifs is 4. The van der Waals surface area contributed by atoms with E-state index >= 15 is 0 Å². The summed E-state index contributed by atoms with van der Waals surface area (Å²) in [6, 6.07) is 0. The van der Waals surface area contributed by atoms with Crippen molar-refractivity contribution in [3.63, 3.8) is 0 Å². The van der Waals surface area contributed by atoms with E-state index in [0.717, 1.165) is 38.5 Å². The van der Waals surface area contributed by atoms with Gasteiger partial charge in [0.05, 0.1) is 17.6 Å². The van der Waals surface area contributed by atoms with Crippen LogP contribution in [0.4, 0.5) is 0 Å². The number of esters is 1. The lowest BCUT2D eigenvalue weighted by Gasteiger charge is -2.62. The topological polar surface area (TPSA) is 104 Å². The Morgan fingerprint density at radius 1 is 1.08 bits per heavy atom. The number of aliphatic hydroxyl groups is 2. The molecule has 0 aromatic rings. The Morgan fingerprint density at radius 2 is 1.74 bits per heavy atom. The number of hydrogen-bond donors (Lipinski definition) is 3. The number of aliphatic hydroxyl groups excluding tert-OH is 1. The maximum atomic E-state index is 12.6. The van der Waals surface area contributed by atoms with Crippen molar-refractivity contribution in [2.24, 2.45) is 39.4 Å². The minimum absolute atomic E-state index is 0.0166. The van der Waals surface area contributed by atoms with Gasteiger partial charge in [-0.05, 0) is 87.4 Å². The third kappa shape index (κ3) is 4.48. The van der Waals surface area contributed by atoms with Gasteiger partial charge in [0.15, 0.2) is 0 Å². The lowest BCUT2D eigenvalue weighted by molar-refractivity contribution is -0.167. The number of allylic oxidation sites excluding steroid dienone is 3. The van der Waals surface area contributed by atoms with E-state index in [0.29, 0.717) is 18.8 Å². The highest BCUT2D eigenvalue weighted by Crippen LogP contribution is 2.72. The predicted octanol–water partition coefficient (Wildman–Crippen LogP) is 6.06. The molecule has 4 aliphatic rings. The smallest absolute Gasteiger partial charge is 0.307 e. The summed E-state index contributed by atoms with van der Waals surface area (Å²) in [7, 11) is 0.